The van der Waals surface area contributed by atoms with Gasteiger partial charge in [-0.3, -0.25) is 9.52 Å². The summed E-state index contributed by atoms with van der Waals surface area (Å²) in [6.45, 7) is 2.09. The van der Waals surface area contributed by atoms with Gasteiger partial charge in [-0.2, -0.15) is 8.42 Å². The number of carbonyl (C=O) groups is 2. The first-order chi connectivity index (χ1) is 15.1. The van der Waals surface area contributed by atoms with Crippen molar-refractivity contribution < 1.29 is 41.0 Å². The van der Waals surface area contributed by atoms with E-state index in [1.165, 1.54) is 19.2 Å². The third-order valence-electron chi connectivity index (χ3n) is 3.77. The molecule has 0 saturated carbocycles. The molecular formula is C19H21F2N3O7S. The molecule has 2 amide bonds. The molecule has 13 heteroatoms. The molecule has 0 radical (unpaired) electrons. The van der Waals surface area contributed by atoms with Crippen molar-refractivity contribution >= 4 is 33.6 Å². The van der Waals surface area contributed by atoms with E-state index in [2.05, 4.69) is 14.8 Å². The summed E-state index contributed by atoms with van der Waals surface area (Å²) in [4.78, 5) is 24.1. The van der Waals surface area contributed by atoms with Gasteiger partial charge in [0.1, 0.15) is 12.4 Å². The molecule has 0 fully saturated rings. The van der Waals surface area contributed by atoms with Gasteiger partial charge in [-0.05, 0) is 37.3 Å². The van der Waals surface area contributed by atoms with E-state index in [1.54, 1.807) is 11.6 Å². The smallest absolute Gasteiger partial charge is 0.422 e. The molecule has 10 nitrogen and oxygen atoms in total. The Hall–Kier alpha value is -3.45. The number of rotatable bonds is 10. The van der Waals surface area contributed by atoms with Crippen LogP contribution in [0.5, 0.6) is 5.75 Å². The second-order valence-electron chi connectivity index (χ2n) is 6.04. The van der Waals surface area contributed by atoms with Crippen LogP contribution in [0.4, 0.5) is 25.0 Å². The van der Waals surface area contributed by atoms with E-state index >= 15 is 0 Å². The second-order valence-corrected chi connectivity index (χ2v) is 7.45. The fraction of sp³-hybridized carbons (Fsp3) is 0.263. The fourth-order valence-corrected chi connectivity index (χ4v) is 3.13. The molecule has 0 heterocycles. The van der Waals surface area contributed by atoms with Gasteiger partial charge in [0.2, 0.25) is 0 Å². The zero-order valence-corrected chi connectivity index (χ0v) is 17.9. The molecule has 0 aliphatic heterocycles. The molecule has 174 valence electrons. The van der Waals surface area contributed by atoms with Crippen LogP contribution in [-0.4, -0.2) is 47.3 Å². The first-order valence-corrected chi connectivity index (χ1v) is 10.6. The Morgan fingerprint density at radius 3 is 2.44 bits per heavy atom. The third kappa shape index (κ3) is 7.35. The molecule has 2 aromatic carbocycles. The van der Waals surface area contributed by atoms with Crippen LogP contribution in [0, 0.1) is 11.6 Å². The van der Waals surface area contributed by atoms with Gasteiger partial charge >= 0.3 is 16.3 Å². The summed E-state index contributed by atoms with van der Waals surface area (Å²) >= 11 is 0. The lowest BCUT2D eigenvalue weighted by molar-refractivity contribution is 0.0814. The molecule has 32 heavy (non-hydrogen) atoms. The number of ether oxygens (including phenoxy) is 3. The number of anilines is 2. The minimum atomic E-state index is -4.44. The number of hydrogen-bond acceptors (Lipinski definition) is 7. The van der Waals surface area contributed by atoms with Gasteiger partial charge in [0.25, 0.3) is 5.91 Å². The molecule has 0 aliphatic rings. The van der Waals surface area contributed by atoms with Crippen molar-refractivity contribution in [1.29, 1.82) is 0 Å². The Balaban J connectivity index is 2.12. The van der Waals surface area contributed by atoms with Crippen LogP contribution in [-0.2, 0) is 19.7 Å². The predicted molar refractivity (Wildman–Crippen MR) is 111 cm³/mol. The van der Waals surface area contributed by atoms with Crippen LogP contribution >= 0.6 is 0 Å². The van der Waals surface area contributed by atoms with E-state index < -0.39 is 33.8 Å². The number of methoxy groups -OCH3 is 1. The lowest BCUT2D eigenvalue weighted by Crippen LogP contribution is -2.36. The lowest BCUT2D eigenvalue weighted by Gasteiger charge is -2.14. The van der Waals surface area contributed by atoms with E-state index in [9.17, 15) is 26.8 Å². The van der Waals surface area contributed by atoms with Gasteiger partial charge in [0.05, 0.1) is 19.4 Å². The van der Waals surface area contributed by atoms with Crippen molar-refractivity contribution in [3.05, 3.63) is 53.6 Å². The van der Waals surface area contributed by atoms with Gasteiger partial charge in [-0.1, -0.05) is 0 Å². The molecule has 3 N–H and O–H groups in total. The molecule has 0 unspecified atom stereocenters. The number of hydrogen-bond donors (Lipinski definition) is 3. The number of amides is 2. The monoisotopic (exact) mass is 473 g/mol. The molecule has 0 atom stereocenters. The quantitative estimate of drug-likeness (QED) is 0.452. The highest BCUT2D eigenvalue weighted by molar-refractivity contribution is 7.91. The summed E-state index contributed by atoms with van der Waals surface area (Å²) in [6.07, 6.45) is -1.23. The molecule has 2 rings (SSSR count). The summed E-state index contributed by atoms with van der Waals surface area (Å²) in [5.74, 6) is -2.91. The number of carbonyl (C=O) groups excluding carboxylic acids is 2. The van der Waals surface area contributed by atoms with E-state index in [0.717, 1.165) is 24.3 Å². The zero-order valence-electron chi connectivity index (χ0n) is 17.1. The summed E-state index contributed by atoms with van der Waals surface area (Å²) in [5, 5.41) is 2.35. The van der Waals surface area contributed by atoms with E-state index in [1.807, 2.05) is 0 Å². The Morgan fingerprint density at radius 2 is 1.78 bits per heavy atom. The highest BCUT2D eigenvalue weighted by Crippen LogP contribution is 2.27. The third-order valence-corrected chi connectivity index (χ3v) is 4.69. The highest BCUT2D eigenvalue weighted by atomic mass is 32.2. The molecule has 0 aromatic heterocycles. The molecule has 2 aromatic rings. The fourth-order valence-electron chi connectivity index (χ4n) is 2.35. The maximum Gasteiger partial charge on any atom is 0.422 e. The Labute approximate surface area is 183 Å². The molecule has 0 bridgehead atoms. The van der Waals surface area contributed by atoms with Crippen molar-refractivity contribution in [2.75, 3.05) is 37.0 Å². The maximum absolute atomic E-state index is 13.3. The number of halogens is 2. The topological polar surface area (TPSA) is 132 Å². The van der Waals surface area contributed by atoms with Crippen LogP contribution in [0.25, 0.3) is 0 Å². The Morgan fingerprint density at radius 1 is 1.03 bits per heavy atom. The van der Waals surface area contributed by atoms with E-state index in [-0.39, 0.29) is 35.9 Å². The van der Waals surface area contributed by atoms with Crippen LogP contribution in [0.15, 0.2) is 36.4 Å². The largest absolute Gasteiger partial charge is 0.495 e. The van der Waals surface area contributed by atoms with Crippen molar-refractivity contribution in [3.8, 4) is 5.75 Å². The molecular weight excluding hydrogens is 452 g/mol. The minimum Gasteiger partial charge on any atom is -0.495 e. The summed E-state index contributed by atoms with van der Waals surface area (Å²) < 4.78 is 69.2. The Kier molecular flexibility index (Phi) is 8.72. The zero-order chi connectivity index (χ0) is 23.7. The number of benzene rings is 2. The van der Waals surface area contributed by atoms with Gasteiger partial charge < -0.3 is 19.5 Å². The Bertz CT molecular complexity index is 1080. The van der Waals surface area contributed by atoms with Crippen LogP contribution in [0.1, 0.15) is 17.3 Å². The molecule has 0 spiro atoms. The first kappa shape index (κ1) is 24.8. The normalized spacial score (nSPS) is 10.9. The highest BCUT2D eigenvalue weighted by Gasteiger charge is 2.19. The second kappa shape index (κ2) is 11.2. The maximum atomic E-state index is 13.3. The van der Waals surface area contributed by atoms with Gasteiger partial charge in [-0.25, -0.2) is 18.3 Å². The van der Waals surface area contributed by atoms with Crippen molar-refractivity contribution in [2.45, 2.75) is 6.92 Å². The predicted octanol–water partition coefficient (Wildman–Crippen LogP) is 2.65. The minimum absolute atomic E-state index is 0.0108. The standard InChI is InChI=1S/C19H21F2N3O7S/c1-3-30-8-9-31-19(26)24-32(27,28)23-16-10-12(4-7-17(16)29-2)18(25)22-13-5-6-14(20)15(21)11-13/h4-7,10-11,23H,3,8-9H2,1-2H3,(H,22,25)(H,24,26). The summed E-state index contributed by atoms with van der Waals surface area (Å²) in [6, 6.07) is 6.55. The SMILES string of the molecule is CCOCCOC(=O)NS(=O)(=O)Nc1cc(C(=O)Nc2ccc(F)c(F)c2)ccc1OC. The van der Waals surface area contributed by atoms with E-state index in [4.69, 9.17) is 9.47 Å². The van der Waals surface area contributed by atoms with Gasteiger partial charge in [-0.15, -0.1) is 0 Å². The van der Waals surface area contributed by atoms with Crippen LogP contribution < -0.4 is 19.5 Å². The van der Waals surface area contributed by atoms with Crippen LogP contribution in [0.3, 0.4) is 0 Å². The van der Waals surface area contributed by atoms with Gasteiger partial charge in [0, 0.05) is 23.9 Å². The lowest BCUT2D eigenvalue weighted by atomic mass is 10.1. The summed E-state index contributed by atoms with van der Waals surface area (Å²) in [7, 11) is -3.17. The van der Waals surface area contributed by atoms with Crippen LogP contribution in [0.2, 0.25) is 0 Å². The van der Waals surface area contributed by atoms with E-state index in [0.29, 0.717) is 6.61 Å². The number of nitrogens with one attached hydrogen (secondary N) is 3. The molecule has 0 aliphatic carbocycles. The molecule has 0 saturated heterocycles. The van der Waals surface area contributed by atoms with Gasteiger partial charge in [0.15, 0.2) is 11.6 Å². The van der Waals surface area contributed by atoms with Crippen molar-refractivity contribution in [2.24, 2.45) is 0 Å². The van der Waals surface area contributed by atoms with Crippen molar-refractivity contribution in [3.63, 3.8) is 0 Å². The van der Waals surface area contributed by atoms with Crippen molar-refractivity contribution in [1.82, 2.24) is 4.72 Å². The summed E-state index contributed by atoms with van der Waals surface area (Å²) in [5.41, 5.74) is -0.212. The average Bonchev–Trinajstić information content (AvgIpc) is 2.73. The average molecular weight is 473 g/mol. The first-order valence-electron chi connectivity index (χ1n) is 9.14.